The number of rotatable bonds is 7. The van der Waals surface area contributed by atoms with Crippen molar-refractivity contribution in [1.29, 1.82) is 0 Å². The van der Waals surface area contributed by atoms with Crippen LogP contribution >= 0.6 is 0 Å². The lowest BCUT2D eigenvalue weighted by Crippen LogP contribution is -2.38. The predicted octanol–water partition coefficient (Wildman–Crippen LogP) is 4.49. The first kappa shape index (κ1) is 22.3. The van der Waals surface area contributed by atoms with Gasteiger partial charge in [-0.15, -0.1) is 0 Å². The Morgan fingerprint density at radius 3 is 2.65 bits per heavy atom. The number of fused-ring (bicyclic) bond motifs is 1. The molecule has 2 N–H and O–H groups in total. The minimum absolute atomic E-state index is 0.0883. The second-order valence-corrected chi connectivity index (χ2v) is 9.84. The van der Waals surface area contributed by atoms with Gasteiger partial charge in [0.1, 0.15) is 5.82 Å². The Kier molecular flexibility index (Phi) is 6.20. The highest BCUT2D eigenvalue weighted by molar-refractivity contribution is 6.07. The summed E-state index contributed by atoms with van der Waals surface area (Å²) in [7, 11) is 0. The number of hydrogen-bond acceptors (Lipinski definition) is 6. The van der Waals surface area contributed by atoms with Crippen molar-refractivity contribution in [3.8, 4) is 0 Å². The van der Waals surface area contributed by atoms with Gasteiger partial charge < -0.3 is 15.5 Å². The van der Waals surface area contributed by atoms with Crippen molar-refractivity contribution >= 4 is 23.1 Å². The molecular weight excluding hydrogens is 424 g/mol. The maximum Gasteiger partial charge on any atom is 0.259 e. The van der Waals surface area contributed by atoms with Gasteiger partial charge >= 0.3 is 0 Å². The lowest BCUT2D eigenvalue weighted by Gasteiger charge is -2.27. The SMILES string of the molecule is CC1(C)CN(CN2CCCC2)c2cc(NC(=O)c3cccnc3NCc3ccncc3)ccc21. The summed E-state index contributed by atoms with van der Waals surface area (Å²) in [6.07, 6.45) is 7.77. The molecule has 1 amide bonds. The summed E-state index contributed by atoms with van der Waals surface area (Å²) >= 11 is 0. The molecule has 3 aromatic rings. The summed E-state index contributed by atoms with van der Waals surface area (Å²) in [5, 5.41) is 6.38. The quantitative estimate of drug-likeness (QED) is 0.546. The minimum atomic E-state index is -0.173. The van der Waals surface area contributed by atoms with Gasteiger partial charge in [0.2, 0.25) is 0 Å². The highest BCUT2D eigenvalue weighted by Gasteiger charge is 2.36. The number of nitrogens with zero attached hydrogens (tertiary/aromatic N) is 4. The molecule has 1 aromatic carbocycles. The van der Waals surface area contributed by atoms with Crippen LogP contribution in [0.1, 0.15) is 48.2 Å². The largest absolute Gasteiger partial charge is 0.365 e. The van der Waals surface area contributed by atoms with E-state index in [0.29, 0.717) is 17.9 Å². The van der Waals surface area contributed by atoms with Crippen LogP contribution in [0.5, 0.6) is 0 Å². The van der Waals surface area contributed by atoms with Crippen LogP contribution in [0.25, 0.3) is 0 Å². The van der Waals surface area contributed by atoms with Crippen LogP contribution in [0.4, 0.5) is 17.2 Å². The van der Waals surface area contributed by atoms with Crippen LogP contribution in [-0.2, 0) is 12.0 Å². The first-order chi connectivity index (χ1) is 16.5. The first-order valence-corrected chi connectivity index (χ1v) is 12.0. The second kappa shape index (κ2) is 9.43. The molecule has 2 aliphatic heterocycles. The molecule has 0 spiro atoms. The van der Waals surface area contributed by atoms with Crippen molar-refractivity contribution < 1.29 is 4.79 Å². The van der Waals surface area contributed by atoms with E-state index in [0.717, 1.165) is 24.5 Å². The fraction of sp³-hybridized carbons (Fsp3) is 0.370. The van der Waals surface area contributed by atoms with Gasteiger partial charge in [0.25, 0.3) is 5.91 Å². The second-order valence-electron chi connectivity index (χ2n) is 9.84. The van der Waals surface area contributed by atoms with E-state index in [1.807, 2.05) is 18.2 Å². The number of aromatic nitrogens is 2. The van der Waals surface area contributed by atoms with E-state index >= 15 is 0 Å². The van der Waals surface area contributed by atoms with Crippen LogP contribution in [0.3, 0.4) is 0 Å². The van der Waals surface area contributed by atoms with Crippen molar-refractivity contribution in [1.82, 2.24) is 14.9 Å². The molecule has 2 aromatic heterocycles. The maximum atomic E-state index is 13.2. The number of carbonyl (C=O) groups is 1. The van der Waals surface area contributed by atoms with E-state index in [9.17, 15) is 4.79 Å². The molecule has 176 valence electrons. The molecule has 0 radical (unpaired) electrons. The van der Waals surface area contributed by atoms with Crippen LogP contribution in [0.15, 0.2) is 61.1 Å². The van der Waals surface area contributed by atoms with Gasteiger partial charge in [-0.2, -0.15) is 0 Å². The normalized spacial score (nSPS) is 16.9. The molecule has 1 fully saturated rings. The molecule has 0 aliphatic carbocycles. The highest BCUT2D eigenvalue weighted by Crippen LogP contribution is 2.42. The molecule has 2 aliphatic rings. The molecule has 34 heavy (non-hydrogen) atoms. The van der Waals surface area contributed by atoms with Gasteiger partial charge in [-0.05, 0) is 73.5 Å². The van der Waals surface area contributed by atoms with E-state index in [-0.39, 0.29) is 11.3 Å². The van der Waals surface area contributed by atoms with Gasteiger partial charge in [0, 0.05) is 48.5 Å². The monoisotopic (exact) mass is 456 g/mol. The van der Waals surface area contributed by atoms with Crippen molar-refractivity contribution in [3.05, 3.63) is 77.7 Å². The maximum absolute atomic E-state index is 13.2. The number of benzene rings is 1. The molecular formula is C27H32N6O. The average Bonchev–Trinajstić information content (AvgIpc) is 3.44. The van der Waals surface area contributed by atoms with Crippen LogP contribution in [0.2, 0.25) is 0 Å². The Hall–Kier alpha value is -3.45. The molecule has 5 rings (SSSR count). The summed E-state index contributed by atoms with van der Waals surface area (Å²) in [6.45, 7) is 9.42. The fourth-order valence-corrected chi connectivity index (χ4v) is 5.00. The van der Waals surface area contributed by atoms with Crippen LogP contribution in [-0.4, -0.2) is 47.1 Å². The molecule has 7 heteroatoms. The van der Waals surface area contributed by atoms with E-state index in [1.54, 1.807) is 30.7 Å². The molecule has 0 unspecified atom stereocenters. The van der Waals surface area contributed by atoms with Crippen molar-refractivity contribution in [2.75, 3.05) is 41.8 Å². The Bertz CT molecular complexity index is 1160. The fourth-order valence-electron chi connectivity index (χ4n) is 5.00. The highest BCUT2D eigenvalue weighted by atomic mass is 16.1. The van der Waals surface area contributed by atoms with Crippen molar-refractivity contribution in [2.45, 2.75) is 38.6 Å². The van der Waals surface area contributed by atoms with Gasteiger partial charge in [0.15, 0.2) is 0 Å². The zero-order valence-electron chi connectivity index (χ0n) is 19.9. The molecule has 0 atom stereocenters. The molecule has 4 heterocycles. The van der Waals surface area contributed by atoms with Crippen LogP contribution < -0.4 is 15.5 Å². The van der Waals surface area contributed by atoms with E-state index in [4.69, 9.17) is 0 Å². The van der Waals surface area contributed by atoms with E-state index < -0.39 is 0 Å². The third-order valence-electron chi connectivity index (χ3n) is 6.74. The third kappa shape index (κ3) is 4.75. The lowest BCUT2D eigenvalue weighted by molar-refractivity contribution is 0.102. The zero-order chi connectivity index (χ0) is 23.5. The smallest absolute Gasteiger partial charge is 0.259 e. The van der Waals surface area contributed by atoms with Crippen molar-refractivity contribution in [3.63, 3.8) is 0 Å². The Balaban J connectivity index is 1.33. The number of nitrogens with one attached hydrogen (secondary N) is 2. The number of pyridine rings is 2. The number of anilines is 3. The summed E-state index contributed by atoms with van der Waals surface area (Å²) in [5.74, 6) is 0.392. The van der Waals surface area contributed by atoms with Crippen LogP contribution in [0, 0.1) is 0 Å². The van der Waals surface area contributed by atoms with E-state index in [1.165, 1.54) is 37.2 Å². The summed E-state index contributed by atoms with van der Waals surface area (Å²) in [4.78, 5) is 26.6. The van der Waals surface area contributed by atoms with Gasteiger partial charge in [-0.3, -0.25) is 14.7 Å². The topological polar surface area (TPSA) is 73.4 Å². The third-order valence-corrected chi connectivity index (χ3v) is 6.74. The standard InChI is InChI=1S/C27H32N6O/c1-27(2)18-33(19-32-14-3-4-15-32)24-16-21(7-8-23(24)27)31-26(34)22-6-5-11-29-25(22)30-17-20-9-12-28-13-10-20/h5-13,16H,3-4,14-15,17-19H2,1-2H3,(H,29,30)(H,31,34). The number of hydrogen-bond donors (Lipinski definition) is 2. The summed E-state index contributed by atoms with van der Waals surface area (Å²) in [5.41, 5.74) is 5.04. The lowest BCUT2D eigenvalue weighted by atomic mass is 9.87. The predicted molar refractivity (Wildman–Crippen MR) is 136 cm³/mol. The summed E-state index contributed by atoms with van der Waals surface area (Å²) < 4.78 is 0. The molecule has 0 saturated carbocycles. The van der Waals surface area contributed by atoms with Gasteiger partial charge in [-0.25, -0.2) is 4.98 Å². The molecule has 1 saturated heterocycles. The zero-order valence-corrected chi connectivity index (χ0v) is 19.9. The van der Waals surface area contributed by atoms with E-state index in [2.05, 4.69) is 56.4 Å². The average molecular weight is 457 g/mol. The molecule has 0 bridgehead atoms. The Morgan fingerprint density at radius 2 is 1.85 bits per heavy atom. The molecule has 7 nitrogen and oxygen atoms in total. The summed E-state index contributed by atoms with van der Waals surface area (Å²) in [6, 6.07) is 13.8. The number of likely N-dealkylation sites (tertiary alicyclic amines) is 1. The minimum Gasteiger partial charge on any atom is -0.365 e. The first-order valence-electron chi connectivity index (χ1n) is 12.0. The van der Waals surface area contributed by atoms with Gasteiger partial charge in [-0.1, -0.05) is 19.9 Å². The Labute approximate surface area is 201 Å². The number of amides is 1. The van der Waals surface area contributed by atoms with Crippen molar-refractivity contribution in [2.24, 2.45) is 0 Å². The Morgan fingerprint density at radius 1 is 1.06 bits per heavy atom. The number of carbonyl (C=O) groups excluding carboxylic acids is 1. The van der Waals surface area contributed by atoms with Gasteiger partial charge in [0.05, 0.1) is 12.2 Å².